The molecule has 0 heterocycles. The Morgan fingerprint density at radius 1 is 1.33 bits per heavy atom. The van der Waals surface area contributed by atoms with E-state index in [4.69, 9.17) is 10.5 Å². The van der Waals surface area contributed by atoms with Crippen LogP contribution in [0.25, 0.3) is 0 Å². The van der Waals surface area contributed by atoms with Crippen molar-refractivity contribution < 1.29 is 9.84 Å². The first-order valence-electron chi connectivity index (χ1n) is 6.40. The Morgan fingerprint density at radius 2 is 1.94 bits per heavy atom. The highest BCUT2D eigenvalue weighted by Crippen LogP contribution is 2.28. The number of aryl methyl sites for hydroxylation is 1. The van der Waals surface area contributed by atoms with Crippen molar-refractivity contribution in [1.82, 2.24) is 0 Å². The minimum atomic E-state index is -0.357. The van der Waals surface area contributed by atoms with E-state index in [-0.39, 0.29) is 24.2 Å². The standard InChI is InChI=1S/C15H25NO2/c1-10-8-12(15(3,4)5)6-7-13(10)18-14(9-17)11(2)16/h6-8,11,14,17H,9,16H2,1-5H3. The number of aliphatic hydroxyl groups excluding tert-OH is 1. The third kappa shape index (κ3) is 3.72. The lowest BCUT2D eigenvalue weighted by atomic mass is 9.86. The molecular weight excluding hydrogens is 226 g/mol. The van der Waals surface area contributed by atoms with E-state index in [1.165, 1.54) is 5.56 Å². The van der Waals surface area contributed by atoms with Crippen molar-refractivity contribution in [1.29, 1.82) is 0 Å². The van der Waals surface area contributed by atoms with Crippen molar-refractivity contribution >= 4 is 0 Å². The van der Waals surface area contributed by atoms with Gasteiger partial charge in [0.25, 0.3) is 0 Å². The van der Waals surface area contributed by atoms with Gasteiger partial charge in [-0.15, -0.1) is 0 Å². The SMILES string of the molecule is Cc1cc(C(C)(C)C)ccc1OC(CO)C(C)N. The van der Waals surface area contributed by atoms with Gasteiger partial charge >= 0.3 is 0 Å². The second kappa shape index (κ2) is 5.72. The molecule has 1 rings (SSSR count). The van der Waals surface area contributed by atoms with Gasteiger partial charge in [-0.1, -0.05) is 32.9 Å². The van der Waals surface area contributed by atoms with E-state index in [9.17, 15) is 5.11 Å². The van der Waals surface area contributed by atoms with Crippen molar-refractivity contribution in [3.63, 3.8) is 0 Å². The predicted molar refractivity (Wildman–Crippen MR) is 75.0 cm³/mol. The Kier molecular flexibility index (Phi) is 4.77. The molecule has 0 fully saturated rings. The third-order valence-electron chi connectivity index (χ3n) is 3.09. The van der Waals surface area contributed by atoms with Gasteiger partial charge in [0.2, 0.25) is 0 Å². The lowest BCUT2D eigenvalue weighted by molar-refractivity contribution is 0.0984. The van der Waals surface area contributed by atoms with Gasteiger partial charge in [-0.25, -0.2) is 0 Å². The molecule has 1 aromatic rings. The Bertz CT molecular complexity index is 394. The van der Waals surface area contributed by atoms with Gasteiger partial charge in [-0.3, -0.25) is 0 Å². The smallest absolute Gasteiger partial charge is 0.136 e. The van der Waals surface area contributed by atoms with Gasteiger partial charge in [0, 0.05) is 6.04 Å². The highest BCUT2D eigenvalue weighted by molar-refractivity contribution is 5.38. The topological polar surface area (TPSA) is 55.5 Å². The first kappa shape index (κ1) is 15.0. The summed E-state index contributed by atoms with van der Waals surface area (Å²) in [5.41, 5.74) is 8.23. The molecule has 0 aromatic heterocycles. The zero-order valence-corrected chi connectivity index (χ0v) is 12.0. The van der Waals surface area contributed by atoms with Crippen LogP contribution in [-0.2, 0) is 5.41 Å². The minimum Gasteiger partial charge on any atom is -0.486 e. The van der Waals surface area contributed by atoms with Crippen LogP contribution in [0.1, 0.15) is 38.8 Å². The molecule has 0 saturated heterocycles. The van der Waals surface area contributed by atoms with Gasteiger partial charge in [-0.05, 0) is 36.5 Å². The van der Waals surface area contributed by atoms with Crippen molar-refractivity contribution in [2.24, 2.45) is 5.73 Å². The quantitative estimate of drug-likeness (QED) is 0.864. The fourth-order valence-electron chi connectivity index (χ4n) is 1.72. The van der Waals surface area contributed by atoms with E-state index in [0.29, 0.717) is 0 Å². The molecule has 3 nitrogen and oxygen atoms in total. The van der Waals surface area contributed by atoms with E-state index in [0.717, 1.165) is 11.3 Å². The highest BCUT2D eigenvalue weighted by atomic mass is 16.5. The molecule has 18 heavy (non-hydrogen) atoms. The van der Waals surface area contributed by atoms with Gasteiger partial charge in [-0.2, -0.15) is 0 Å². The molecule has 0 aliphatic rings. The monoisotopic (exact) mass is 251 g/mol. The van der Waals surface area contributed by atoms with E-state index in [1.54, 1.807) is 0 Å². The van der Waals surface area contributed by atoms with Crippen molar-refractivity contribution in [2.45, 2.75) is 52.2 Å². The molecule has 2 atom stereocenters. The van der Waals surface area contributed by atoms with Gasteiger partial charge in [0.05, 0.1) is 6.61 Å². The summed E-state index contributed by atoms with van der Waals surface area (Å²) in [6.45, 7) is 10.3. The molecule has 0 amide bonds. The lowest BCUT2D eigenvalue weighted by Gasteiger charge is -2.24. The molecule has 3 heteroatoms. The first-order chi connectivity index (χ1) is 8.25. The maximum Gasteiger partial charge on any atom is 0.136 e. The minimum absolute atomic E-state index is 0.0713. The van der Waals surface area contributed by atoms with Crippen LogP contribution >= 0.6 is 0 Å². The van der Waals surface area contributed by atoms with Crippen molar-refractivity contribution in [3.8, 4) is 5.75 Å². The van der Waals surface area contributed by atoms with Crippen LogP contribution < -0.4 is 10.5 Å². The number of hydrogen-bond acceptors (Lipinski definition) is 3. The van der Waals surface area contributed by atoms with Crippen LogP contribution in [0.5, 0.6) is 5.75 Å². The maximum atomic E-state index is 9.23. The second-order valence-electron chi connectivity index (χ2n) is 5.93. The summed E-state index contributed by atoms with van der Waals surface area (Å²) < 4.78 is 5.75. The molecule has 0 aliphatic heterocycles. The summed E-state index contributed by atoms with van der Waals surface area (Å²) in [5, 5.41) is 9.23. The number of aliphatic hydroxyl groups is 1. The van der Waals surface area contributed by atoms with Crippen LogP contribution in [0.2, 0.25) is 0 Å². The Labute approximate surface area is 110 Å². The summed E-state index contributed by atoms with van der Waals surface area (Å²) in [7, 11) is 0. The number of rotatable bonds is 4. The van der Waals surface area contributed by atoms with Gasteiger partial charge < -0.3 is 15.6 Å². The number of nitrogens with two attached hydrogens (primary N) is 1. The van der Waals surface area contributed by atoms with Crippen LogP contribution in [0, 0.1) is 6.92 Å². The fraction of sp³-hybridized carbons (Fsp3) is 0.600. The zero-order valence-electron chi connectivity index (χ0n) is 12.0. The summed E-state index contributed by atoms with van der Waals surface area (Å²) in [5.74, 6) is 0.791. The summed E-state index contributed by atoms with van der Waals surface area (Å²) in [6.07, 6.45) is -0.357. The van der Waals surface area contributed by atoms with Gasteiger partial charge in [0.15, 0.2) is 0 Å². The molecule has 0 spiro atoms. The van der Waals surface area contributed by atoms with Gasteiger partial charge in [0.1, 0.15) is 11.9 Å². The first-order valence-corrected chi connectivity index (χ1v) is 6.40. The zero-order chi connectivity index (χ0) is 13.9. The maximum absolute atomic E-state index is 9.23. The van der Waals surface area contributed by atoms with E-state index in [1.807, 2.05) is 19.9 Å². The number of benzene rings is 1. The average molecular weight is 251 g/mol. The normalized spacial score (nSPS) is 15.3. The summed E-state index contributed by atoms with van der Waals surface area (Å²) in [4.78, 5) is 0. The Hall–Kier alpha value is -1.06. The third-order valence-corrected chi connectivity index (χ3v) is 3.09. The molecule has 1 aromatic carbocycles. The summed E-state index contributed by atoms with van der Waals surface area (Å²) >= 11 is 0. The van der Waals surface area contributed by atoms with E-state index >= 15 is 0 Å². The molecular formula is C15H25NO2. The van der Waals surface area contributed by atoms with E-state index < -0.39 is 0 Å². The predicted octanol–water partition coefficient (Wildman–Crippen LogP) is 2.38. The molecule has 0 radical (unpaired) electrons. The Morgan fingerprint density at radius 3 is 2.33 bits per heavy atom. The second-order valence-corrected chi connectivity index (χ2v) is 5.93. The van der Waals surface area contributed by atoms with Crippen molar-refractivity contribution in [2.75, 3.05) is 6.61 Å². The molecule has 0 bridgehead atoms. The molecule has 2 unspecified atom stereocenters. The fourth-order valence-corrected chi connectivity index (χ4v) is 1.72. The van der Waals surface area contributed by atoms with Crippen LogP contribution in [0.3, 0.4) is 0 Å². The lowest BCUT2D eigenvalue weighted by Crippen LogP contribution is -2.39. The molecule has 0 saturated carbocycles. The molecule has 102 valence electrons. The van der Waals surface area contributed by atoms with Crippen LogP contribution in [0.4, 0.5) is 0 Å². The molecule has 0 aliphatic carbocycles. The number of ether oxygens (including phenoxy) is 1. The summed E-state index contributed by atoms with van der Waals surface area (Å²) in [6, 6.07) is 5.96. The van der Waals surface area contributed by atoms with E-state index in [2.05, 4.69) is 32.9 Å². The van der Waals surface area contributed by atoms with Crippen molar-refractivity contribution in [3.05, 3.63) is 29.3 Å². The van der Waals surface area contributed by atoms with Crippen LogP contribution in [-0.4, -0.2) is 23.9 Å². The largest absolute Gasteiger partial charge is 0.486 e. The van der Waals surface area contributed by atoms with Crippen LogP contribution in [0.15, 0.2) is 18.2 Å². The molecule has 3 N–H and O–H groups in total. The number of hydrogen-bond donors (Lipinski definition) is 2. The highest BCUT2D eigenvalue weighted by Gasteiger charge is 2.18. The Balaban J connectivity index is 2.93. The average Bonchev–Trinajstić information content (AvgIpc) is 2.25.